The zero-order chi connectivity index (χ0) is 15.9. The minimum atomic E-state index is -0.561. The average molecular weight is 305 g/mol. The number of aromatic nitrogens is 4. The van der Waals surface area contributed by atoms with Crippen LogP contribution in [0.3, 0.4) is 0 Å². The van der Waals surface area contributed by atoms with E-state index in [1.807, 2.05) is 0 Å². The van der Waals surface area contributed by atoms with Gasteiger partial charge in [-0.05, 0) is 12.0 Å². The van der Waals surface area contributed by atoms with Crippen LogP contribution in [0.15, 0.2) is 16.7 Å². The molecule has 9 nitrogen and oxygen atoms in total. The molecule has 2 aromatic heterocycles. The minimum Gasteiger partial charge on any atom is -0.465 e. The number of rotatable bonds is 4. The number of carbonyl (C=O) groups excluding carboxylic acids is 1. The summed E-state index contributed by atoms with van der Waals surface area (Å²) < 4.78 is 6.55. The van der Waals surface area contributed by atoms with Crippen molar-refractivity contribution in [1.82, 2.24) is 19.5 Å². The highest BCUT2D eigenvalue weighted by atomic mass is 16.5. The maximum atomic E-state index is 11.7. The maximum absolute atomic E-state index is 11.7. The van der Waals surface area contributed by atoms with E-state index >= 15 is 0 Å². The Kier molecular flexibility index (Phi) is 3.21. The molecule has 4 N–H and O–H groups in total. The molecule has 1 saturated carbocycles. The molecule has 0 spiro atoms. The molecule has 0 amide bonds. The summed E-state index contributed by atoms with van der Waals surface area (Å²) in [4.78, 5) is 33.0. The first-order chi connectivity index (χ1) is 10.4. The van der Waals surface area contributed by atoms with Crippen molar-refractivity contribution in [2.24, 2.45) is 5.41 Å². The molecule has 1 aliphatic rings. The van der Waals surface area contributed by atoms with Gasteiger partial charge in [0.2, 0.25) is 5.95 Å². The van der Waals surface area contributed by atoms with Crippen LogP contribution in [0.1, 0.15) is 13.3 Å². The monoisotopic (exact) mass is 305 g/mol. The van der Waals surface area contributed by atoms with Crippen molar-refractivity contribution in [3.63, 3.8) is 0 Å². The lowest BCUT2D eigenvalue weighted by atomic mass is 10.1. The second kappa shape index (κ2) is 4.95. The van der Waals surface area contributed by atoms with Crippen molar-refractivity contribution in [2.45, 2.75) is 13.3 Å². The number of hydrogen-bond donors (Lipinski definition) is 3. The summed E-state index contributed by atoms with van der Waals surface area (Å²) in [6.45, 7) is 1.31. The Morgan fingerprint density at radius 3 is 3.14 bits per heavy atom. The number of aliphatic hydroxyl groups excluding tert-OH is 1. The molecule has 2 aromatic rings. The number of aliphatic hydroxyl groups is 1. The minimum absolute atomic E-state index is 0.00165. The van der Waals surface area contributed by atoms with Crippen LogP contribution < -0.4 is 11.3 Å². The summed E-state index contributed by atoms with van der Waals surface area (Å²) in [5.74, 6) is -0.394. The molecule has 116 valence electrons. The zero-order valence-electron chi connectivity index (χ0n) is 11.9. The van der Waals surface area contributed by atoms with Crippen molar-refractivity contribution in [2.75, 3.05) is 18.9 Å². The second-order valence-corrected chi connectivity index (χ2v) is 5.33. The van der Waals surface area contributed by atoms with Gasteiger partial charge in [-0.3, -0.25) is 19.1 Å². The van der Waals surface area contributed by atoms with Gasteiger partial charge in [0.25, 0.3) is 5.56 Å². The van der Waals surface area contributed by atoms with Crippen LogP contribution in [-0.4, -0.2) is 43.8 Å². The fourth-order valence-electron chi connectivity index (χ4n) is 2.29. The van der Waals surface area contributed by atoms with Crippen molar-refractivity contribution < 1.29 is 14.6 Å². The molecule has 0 aliphatic heterocycles. The number of nitrogens with one attached hydrogen (secondary N) is 1. The number of ether oxygens (including phenoxy) is 1. The van der Waals surface area contributed by atoms with Gasteiger partial charge in [-0.2, -0.15) is 4.98 Å². The average Bonchev–Trinajstić information content (AvgIpc) is 3.00. The van der Waals surface area contributed by atoms with E-state index in [0.717, 1.165) is 5.57 Å². The molecule has 22 heavy (non-hydrogen) atoms. The van der Waals surface area contributed by atoms with E-state index in [1.165, 1.54) is 13.3 Å². The van der Waals surface area contributed by atoms with Gasteiger partial charge in [0.05, 0.1) is 12.0 Å². The van der Waals surface area contributed by atoms with Crippen LogP contribution in [-0.2, 0) is 9.53 Å². The molecule has 3 rings (SSSR count). The van der Waals surface area contributed by atoms with Crippen LogP contribution in [0, 0.1) is 5.41 Å². The smallest absolute Gasteiger partial charge is 0.302 e. The van der Waals surface area contributed by atoms with Gasteiger partial charge < -0.3 is 15.6 Å². The summed E-state index contributed by atoms with van der Waals surface area (Å²) in [7, 11) is 0. The number of anilines is 1. The molecule has 2 heterocycles. The molecule has 1 fully saturated rings. The van der Waals surface area contributed by atoms with Gasteiger partial charge in [0.15, 0.2) is 11.2 Å². The lowest BCUT2D eigenvalue weighted by molar-refractivity contribution is -0.143. The fraction of sp³-hybridized carbons (Fsp3) is 0.385. The summed E-state index contributed by atoms with van der Waals surface area (Å²) in [6.07, 6.45) is 3.77. The lowest BCUT2D eigenvalue weighted by Crippen LogP contribution is -2.17. The fourth-order valence-corrected chi connectivity index (χ4v) is 2.29. The summed E-state index contributed by atoms with van der Waals surface area (Å²) in [5, 5.41) is 9.52. The second-order valence-electron chi connectivity index (χ2n) is 5.33. The Bertz CT molecular complexity index is 837. The summed E-state index contributed by atoms with van der Waals surface area (Å²) in [6, 6.07) is 0. The first kappa shape index (κ1) is 14.3. The van der Waals surface area contributed by atoms with Gasteiger partial charge in [0, 0.05) is 13.1 Å². The van der Waals surface area contributed by atoms with Crippen molar-refractivity contribution in [1.29, 1.82) is 0 Å². The van der Waals surface area contributed by atoms with Crippen LogP contribution in [0.25, 0.3) is 17.4 Å². The van der Waals surface area contributed by atoms with E-state index in [1.54, 1.807) is 10.8 Å². The molecular formula is C13H15N5O4. The number of nitrogens with zero attached hydrogens (tertiary/aromatic N) is 3. The Morgan fingerprint density at radius 1 is 1.68 bits per heavy atom. The number of imidazole rings is 1. The number of hydrogen-bond acceptors (Lipinski definition) is 7. The van der Waals surface area contributed by atoms with Crippen LogP contribution >= 0.6 is 0 Å². The highest BCUT2D eigenvalue weighted by Crippen LogP contribution is 2.52. The number of nitrogen functional groups attached to an aromatic ring is 1. The third-order valence-electron chi connectivity index (χ3n) is 3.68. The van der Waals surface area contributed by atoms with Crippen LogP contribution in [0.5, 0.6) is 0 Å². The van der Waals surface area contributed by atoms with Crippen LogP contribution in [0.4, 0.5) is 5.95 Å². The number of nitrogens with two attached hydrogens (primary N) is 1. The lowest BCUT2D eigenvalue weighted by Gasteiger charge is -2.10. The Balaban J connectivity index is 1.94. The first-order valence-electron chi connectivity index (χ1n) is 6.63. The SMILES string of the molecule is CC(=O)OCC1(CO)CC1=Cn1cnc2c(=O)[nH]c(N)nc21. The van der Waals surface area contributed by atoms with Gasteiger partial charge in [0.1, 0.15) is 12.9 Å². The number of carbonyl (C=O) groups is 1. The molecule has 9 heteroatoms. The quantitative estimate of drug-likeness (QED) is 0.647. The Hall–Kier alpha value is -2.68. The topological polar surface area (TPSA) is 136 Å². The molecular weight excluding hydrogens is 290 g/mol. The van der Waals surface area contributed by atoms with Crippen LogP contribution in [0.2, 0.25) is 0 Å². The Morgan fingerprint density at radius 2 is 2.45 bits per heavy atom. The van der Waals surface area contributed by atoms with Crippen molar-refractivity contribution in [3.05, 3.63) is 22.3 Å². The molecule has 1 aliphatic carbocycles. The summed E-state index contributed by atoms with van der Waals surface area (Å²) >= 11 is 0. The zero-order valence-corrected chi connectivity index (χ0v) is 11.9. The first-order valence-corrected chi connectivity index (χ1v) is 6.63. The van der Waals surface area contributed by atoms with E-state index in [4.69, 9.17) is 10.5 Å². The predicted molar refractivity (Wildman–Crippen MR) is 77.6 cm³/mol. The molecule has 1 unspecified atom stereocenters. The number of aromatic amines is 1. The van der Waals surface area contributed by atoms with Gasteiger partial charge in [-0.15, -0.1) is 0 Å². The molecule has 0 bridgehead atoms. The molecule has 0 aromatic carbocycles. The predicted octanol–water partition coefficient (Wildman–Crippen LogP) is -0.512. The van der Waals surface area contributed by atoms with E-state index < -0.39 is 16.9 Å². The molecule has 1 atom stereocenters. The highest BCUT2D eigenvalue weighted by molar-refractivity contribution is 5.73. The highest BCUT2D eigenvalue weighted by Gasteiger charge is 2.49. The van der Waals surface area contributed by atoms with Crippen molar-refractivity contribution in [3.8, 4) is 0 Å². The molecule has 0 radical (unpaired) electrons. The van der Waals surface area contributed by atoms with E-state index in [9.17, 15) is 14.7 Å². The van der Waals surface area contributed by atoms with Gasteiger partial charge >= 0.3 is 5.97 Å². The maximum Gasteiger partial charge on any atom is 0.302 e. The third-order valence-corrected chi connectivity index (χ3v) is 3.68. The standard InChI is InChI=1S/C13H15N5O4/c1-7(20)22-5-13(4-19)2-8(13)3-18-6-15-9-10(18)16-12(14)17-11(9)21/h3,6,19H,2,4-5H2,1H3,(H3,14,16,17,21). The largest absolute Gasteiger partial charge is 0.465 e. The van der Waals surface area contributed by atoms with E-state index in [0.29, 0.717) is 12.1 Å². The normalized spacial score (nSPS) is 22.2. The molecule has 0 saturated heterocycles. The Labute approximate surface area is 124 Å². The van der Waals surface area contributed by atoms with E-state index in [2.05, 4.69) is 15.0 Å². The van der Waals surface area contributed by atoms with E-state index in [-0.39, 0.29) is 24.7 Å². The van der Waals surface area contributed by atoms with Gasteiger partial charge in [-0.1, -0.05) is 0 Å². The van der Waals surface area contributed by atoms with Gasteiger partial charge in [-0.25, -0.2) is 4.98 Å². The summed E-state index contributed by atoms with van der Waals surface area (Å²) in [5.41, 5.74) is 5.96. The number of esters is 1. The van der Waals surface area contributed by atoms with Crippen molar-refractivity contribution >= 4 is 29.3 Å². The number of H-pyrrole nitrogens is 1. The third kappa shape index (κ3) is 2.35. The number of fused-ring (bicyclic) bond motifs is 1.